The molecule has 0 fully saturated rings. The lowest BCUT2D eigenvalue weighted by atomic mass is 10.1. The molecule has 0 saturated heterocycles. The van der Waals surface area contributed by atoms with Crippen LogP contribution in [-0.2, 0) is 16.0 Å². The molecule has 0 spiro atoms. The van der Waals surface area contributed by atoms with Gasteiger partial charge in [-0.25, -0.2) is 0 Å². The van der Waals surface area contributed by atoms with Crippen LogP contribution in [0.5, 0.6) is 0 Å². The third-order valence-corrected chi connectivity index (χ3v) is 3.28. The van der Waals surface area contributed by atoms with Gasteiger partial charge in [0.05, 0.1) is 24.9 Å². The average Bonchev–Trinajstić information content (AvgIpc) is 2.42. The van der Waals surface area contributed by atoms with E-state index in [1.165, 1.54) is 11.1 Å². The monoisotopic (exact) mass is 309 g/mol. The predicted octanol–water partition coefficient (Wildman–Crippen LogP) is 2.62. The highest BCUT2D eigenvalue weighted by atomic mass is 16.5. The summed E-state index contributed by atoms with van der Waals surface area (Å²) in [5, 5.41) is 10.2. The Labute approximate surface area is 135 Å². The molecule has 0 bridgehead atoms. The predicted molar refractivity (Wildman–Crippen MR) is 90.0 cm³/mol. The van der Waals surface area contributed by atoms with Gasteiger partial charge in [-0.3, -0.25) is 4.90 Å². The van der Waals surface area contributed by atoms with E-state index in [0.29, 0.717) is 19.8 Å². The van der Waals surface area contributed by atoms with Gasteiger partial charge in [0.1, 0.15) is 0 Å². The third-order valence-electron chi connectivity index (χ3n) is 3.28. The van der Waals surface area contributed by atoms with E-state index in [1.807, 2.05) is 20.8 Å². The van der Waals surface area contributed by atoms with E-state index in [-0.39, 0.29) is 5.60 Å². The van der Waals surface area contributed by atoms with Crippen molar-refractivity contribution in [3.05, 3.63) is 35.4 Å². The van der Waals surface area contributed by atoms with Crippen LogP contribution in [-0.4, -0.2) is 55.1 Å². The molecule has 0 aromatic heterocycles. The van der Waals surface area contributed by atoms with Crippen LogP contribution in [0.15, 0.2) is 24.3 Å². The second-order valence-electron chi connectivity index (χ2n) is 6.79. The molecule has 1 unspecified atom stereocenters. The largest absolute Gasteiger partial charge is 0.389 e. The Hall–Kier alpha value is -0.940. The van der Waals surface area contributed by atoms with Crippen LogP contribution >= 0.6 is 0 Å². The summed E-state index contributed by atoms with van der Waals surface area (Å²) in [6.45, 7) is 11.2. The van der Waals surface area contributed by atoms with Crippen molar-refractivity contribution in [2.75, 3.05) is 33.4 Å². The van der Waals surface area contributed by atoms with Gasteiger partial charge in [0.15, 0.2) is 0 Å². The summed E-state index contributed by atoms with van der Waals surface area (Å²) >= 11 is 0. The number of ether oxygens (including phenoxy) is 2. The fourth-order valence-electron chi connectivity index (χ4n) is 2.22. The number of aliphatic hydroxyl groups excluding tert-OH is 1. The van der Waals surface area contributed by atoms with Crippen LogP contribution in [0.2, 0.25) is 0 Å². The van der Waals surface area contributed by atoms with E-state index in [9.17, 15) is 5.11 Å². The number of aliphatic hydroxyl groups is 1. The Morgan fingerprint density at radius 2 is 2.00 bits per heavy atom. The maximum atomic E-state index is 10.2. The molecule has 1 N–H and O–H groups in total. The van der Waals surface area contributed by atoms with Crippen molar-refractivity contribution < 1.29 is 14.6 Å². The number of nitrogens with zero attached hydrogens (tertiary/aromatic N) is 1. The molecule has 1 rings (SSSR count). The molecule has 1 aromatic rings. The minimum Gasteiger partial charge on any atom is -0.389 e. The molecule has 4 nitrogen and oxygen atoms in total. The van der Waals surface area contributed by atoms with Gasteiger partial charge in [0.25, 0.3) is 0 Å². The van der Waals surface area contributed by atoms with Crippen molar-refractivity contribution in [1.29, 1.82) is 0 Å². The van der Waals surface area contributed by atoms with Crippen LogP contribution < -0.4 is 0 Å². The number of hydrogen-bond donors (Lipinski definition) is 1. The van der Waals surface area contributed by atoms with Crippen LogP contribution in [0.3, 0.4) is 0 Å². The van der Waals surface area contributed by atoms with Gasteiger partial charge in [-0.05, 0) is 33.3 Å². The first kappa shape index (κ1) is 19.1. The highest BCUT2D eigenvalue weighted by molar-refractivity contribution is 5.22. The van der Waals surface area contributed by atoms with Crippen molar-refractivity contribution in [3.8, 4) is 0 Å². The number of rotatable bonds is 9. The lowest BCUT2D eigenvalue weighted by Crippen LogP contribution is -2.38. The van der Waals surface area contributed by atoms with Crippen molar-refractivity contribution in [1.82, 2.24) is 4.90 Å². The lowest BCUT2D eigenvalue weighted by molar-refractivity contribution is -0.0576. The highest BCUT2D eigenvalue weighted by Gasteiger charge is 2.16. The SMILES string of the molecule is COCCN(Cc1cccc(C)c1)CC(O)COC(C)(C)C. The molecule has 0 amide bonds. The summed E-state index contributed by atoms with van der Waals surface area (Å²) in [6, 6.07) is 8.45. The first-order valence-electron chi connectivity index (χ1n) is 7.89. The first-order valence-corrected chi connectivity index (χ1v) is 7.89. The van der Waals surface area contributed by atoms with Crippen molar-refractivity contribution in [3.63, 3.8) is 0 Å². The maximum absolute atomic E-state index is 10.2. The number of benzene rings is 1. The van der Waals surface area contributed by atoms with E-state index in [4.69, 9.17) is 9.47 Å². The summed E-state index contributed by atoms with van der Waals surface area (Å²) in [4.78, 5) is 2.20. The van der Waals surface area contributed by atoms with Crippen LogP contribution in [0.4, 0.5) is 0 Å². The van der Waals surface area contributed by atoms with E-state index >= 15 is 0 Å². The molecule has 0 radical (unpaired) electrons. The fourth-order valence-corrected chi connectivity index (χ4v) is 2.22. The smallest absolute Gasteiger partial charge is 0.0900 e. The van der Waals surface area contributed by atoms with Gasteiger partial charge in [-0.2, -0.15) is 0 Å². The van der Waals surface area contributed by atoms with Crippen molar-refractivity contribution >= 4 is 0 Å². The molecule has 0 saturated carbocycles. The summed E-state index contributed by atoms with van der Waals surface area (Å²) in [5.74, 6) is 0. The maximum Gasteiger partial charge on any atom is 0.0900 e. The van der Waals surface area contributed by atoms with Gasteiger partial charge in [0, 0.05) is 26.7 Å². The molecular formula is C18H31NO3. The Balaban J connectivity index is 2.56. The molecule has 4 heteroatoms. The van der Waals surface area contributed by atoms with E-state index in [2.05, 4.69) is 36.1 Å². The first-order chi connectivity index (χ1) is 10.3. The summed E-state index contributed by atoms with van der Waals surface area (Å²) < 4.78 is 10.8. The second kappa shape index (κ2) is 9.26. The molecule has 126 valence electrons. The quantitative estimate of drug-likeness (QED) is 0.761. The van der Waals surface area contributed by atoms with E-state index in [0.717, 1.165) is 13.1 Å². The van der Waals surface area contributed by atoms with E-state index in [1.54, 1.807) is 7.11 Å². The van der Waals surface area contributed by atoms with Crippen molar-refractivity contribution in [2.45, 2.75) is 45.9 Å². The van der Waals surface area contributed by atoms with Crippen LogP contribution in [0, 0.1) is 6.92 Å². The van der Waals surface area contributed by atoms with Crippen LogP contribution in [0.1, 0.15) is 31.9 Å². The number of hydrogen-bond acceptors (Lipinski definition) is 4. The Kier molecular flexibility index (Phi) is 8.04. The van der Waals surface area contributed by atoms with E-state index < -0.39 is 6.10 Å². The normalized spacial score (nSPS) is 13.6. The highest BCUT2D eigenvalue weighted by Crippen LogP contribution is 2.10. The van der Waals surface area contributed by atoms with Gasteiger partial charge in [-0.1, -0.05) is 29.8 Å². The molecule has 0 aliphatic rings. The number of aryl methyl sites for hydroxylation is 1. The third kappa shape index (κ3) is 8.49. The molecular weight excluding hydrogens is 278 g/mol. The Morgan fingerprint density at radius 3 is 2.59 bits per heavy atom. The molecule has 1 aromatic carbocycles. The molecule has 0 aliphatic heterocycles. The molecule has 22 heavy (non-hydrogen) atoms. The zero-order chi connectivity index (χ0) is 16.6. The number of methoxy groups -OCH3 is 1. The van der Waals surface area contributed by atoms with Crippen molar-refractivity contribution in [2.24, 2.45) is 0 Å². The van der Waals surface area contributed by atoms with Gasteiger partial charge < -0.3 is 14.6 Å². The second-order valence-corrected chi connectivity index (χ2v) is 6.79. The summed E-state index contributed by atoms with van der Waals surface area (Å²) in [7, 11) is 1.70. The summed E-state index contributed by atoms with van der Waals surface area (Å²) in [6.07, 6.45) is -0.499. The topological polar surface area (TPSA) is 41.9 Å². The minimum atomic E-state index is -0.499. The van der Waals surface area contributed by atoms with Crippen LogP contribution in [0.25, 0.3) is 0 Å². The zero-order valence-corrected chi connectivity index (χ0v) is 14.6. The Bertz CT molecular complexity index is 429. The minimum absolute atomic E-state index is 0.227. The molecule has 0 heterocycles. The lowest BCUT2D eigenvalue weighted by Gasteiger charge is -2.27. The van der Waals surface area contributed by atoms with Gasteiger partial charge in [0.2, 0.25) is 0 Å². The molecule has 0 aliphatic carbocycles. The van der Waals surface area contributed by atoms with Gasteiger partial charge >= 0.3 is 0 Å². The summed E-state index contributed by atoms with van der Waals surface area (Å²) in [5.41, 5.74) is 2.27. The average molecular weight is 309 g/mol. The fraction of sp³-hybridized carbons (Fsp3) is 0.667. The molecule has 1 atom stereocenters. The standard InChI is InChI=1S/C18H31NO3/c1-15-7-6-8-16(11-15)12-19(9-10-21-5)13-17(20)14-22-18(2,3)4/h6-8,11,17,20H,9-10,12-14H2,1-5H3. The van der Waals surface area contributed by atoms with Gasteiger partial charge in [-0.15, -0.1) is 0 Å². The zero-order valence-electron chi connectivity index (χ0n) is 14.6. The Morgan fingerprint density at radius 1 is 1.27 bits per heavy atom.